The standard InChI is InChI=1S/C22H28N2O5S/c1-16(2)10-13-28-22(25)17-14-19(24-11-6-7-12-24)21(20(15-17)30(23,26)27)29-18-8-4-3-5-9-18/h3-5,8-9,14-16H,6-7,10-13H2,1-2H3,(H2,23,26,27). The second-order valence-corrected chi connectivity index (χ2v) is 9.33. The van der Waals surface area contributed by atoms with Gasteiger partial charge in [-0.1, -0.05) is 32.0 Å². The van der Waals surface area contributed by atoms with Crippen molar-refractivity contribution in [3.8, 4) is 11.5 Å². The second kappa shape index (κ2) is 9.49. The minimum absolute atomic E-state index is 0.129. The third kappa shape index (κ3) is 5.52. The minimum atomic E-state index is -4.16. The van der Waals surface area contributed by atoms with Gasteiger partial charge in [0.15, 0.2) is 5.75 Å². The van der Waals surface area contributed by atoms with Crippen LogP contribution in [0.4, 0.5) is 5.69 Å². The largest absolute Gasteiger partial charge is 0.462 e. The van der Waals surface area contributed by atoms with E-state index in [4.69, 9.17) is 14.6 Å². The smallest absolute Gasteiger partial charge is 0.338 e. The molecule has 0 bridgehead atoms. The van der Waals surface area contributed by atoms with Crippen LogP contribution in [0.25, 0.3) is 0 Å². The quantitative estimate of drug-likeness (QED) is 0.635. The summed E-state index contributed by atoms with van der Waals surface area (Å²) in [6.07, 6.45) is 2.67. The lowest BCUT2D eigenvalue weighted by Gasteiger charge is -2.24. The molecule has 0 atom stereocenters. The van der Waals surface area contributed by atoms with Crippen molar-refractivity contribution in [2.45, 2.75) is 38.0 Å². The SMILES string of the molecule is CC(C)CCOC(=O)c1cc(N2CCCC2)c(Oc2ccccc2)c(S(N)(=O)=O)c1. The van der Waals surface area contributed by atoms with Crippen molar-refractivity contribution in [1.29, 1.82) is 0 Å². The van der Waals surface area contributed by atoms with Gasteiger partial charge in [0.05, 0.1) is 17.9 Å². The molecule has 2 N–H and O–H groups in total. The Kier molecular flexibility index (Phi) is 6.99. The number of sulfonamides is 1. The number of nitrogens with zero attached hydrogens (tertiary/aromatic N) is 1. The molecule has 0 spiro atoms. The Morgan fingerprint density at radius 3 is 2.40 bits per heavy atom. The summed E-state index contributed by atoms with van der Waals surface area (Å²) < 4.78 is 36.2. The molecule has 3 rings (SSSR count). The molecule has 8 heteroatoms. The Hall–Kier alpha value is -2.58. The van der Waals surface area contributed by atoms with Crippen LogP contribution in [0.2, 0.25) is 0 Å². The van der Waals surface area contributed by atoms with E-state index < -0.39 is 16.0 Å². The molecule has 1 aliphatic heterocycles. The molecule has 1 fully saturated rings. The van der Waals surface area contributed by atoms with Gasteiger partial charge in [-0.05, 0) is 49.4 Å². The van der Waals surface area contributed by atoms with E-state index in [1.807, 2.05) is 24.8 Å². The topological polar surface area (TPSA) is 98.9 Å². The molecule has 0 saturated carbocycles. The zero-order valence-corrected chi connectivity index (χ0v) is 18.2. The van der Waals surface area contributed by atoms with Gasteiger partial charge in [0.2, 0.25) is 10.0 Å². The van der Waals surface area contributed by atoms with E-state index in [1.165, 1.54) is 6.07 Å². The third-order valence-electron chi connectivity index (χ3n) is 4.92. The van der Waals surface area contributed by atoms with E-state index in [1.54, 1.807) is 30.3 Å². The van der Waals surface area contributed by atoms with Crippen molar-refractivity contribution in [3.63, 3.8) is 0 Å². The molecular formula is C22H28N2O5S. The highest BCUT2D eigenvalue weighted by atomic mass is 32.2. The van der Waals surface area contributed by atoms with Gasteiger partial charge in [-0.15, -0.1) is 0 Å². The predicted octanol–water partition coefficient (Wildman–Crippen LogP) is 3.93. The third-order valence-corrected chi connectivity index (χ3v) is 5.83. The number of ether oxygens (including phenoxy) is 2. The molecule has 7 nitrogen and oxygen atoms in total. The van der Waals surface area contributed by atoms with Crippen molar-refractivity contribution in [1.82, 2.24) is 0 Å². The number of carbonyl (C=O) groups is 1. The first kappa shape index (κ1) is 22.1. The first-order chi connectivity index (χ1) is 14.3. The molecule has 0 aliphatic carbocycles. The van der Waals surface area contributed by atoms with Crippen LogP contribution in [0.3, 0.4) is 0 Å². The lowest BCUT2D eigenvalue weighted by Crippen LogP contribution is -2.22. The van der Waals surface area contributed by atoms with Crippen molar-refractivity contribution in [2.24, 2.45) is 11.1 Å². The Morgan fingerprint density at radius 1 is 1.13 bits per heavy atom. The molecule has 162 valence electrons. The first-order valence-corrected chi connectivity index (χ1v) is 11.7. The van der Waals surface area contributed by atoms with Crippen LogP contribution in [-0.2, 0) is 14.8 Å². The molecule has 0 amide bonds. The van der Waals surface area contributed by atoms with E-state index in [9.17, 15) is 13.2 Å². The Balaban J connectivity index is 2.06. The van der Waals surface area contributed by atoms with Gasteiger partial charge in [0.1, 0.15) is 10.6 Å². The fourth-order valence-corrected chi connectivity index (χ4v) is 3.99. The van der Waals surface area contributed by atoms with Crippen molar-refractivity contribution in [2.75, 3.05) is 24.6 Å². The van der Waals surface area contributed by atoms with Crippen LogP contribution in [0.1, 0.15) is 43.5 Å². The van der Waals surface area contributed by atoms with Crippen molar-refractivity contribution in [3.05, 3.63) is 48.0 Å². The zero-order valence-electron chi connectivity index (χ0n) is 17.3. The summed E-state index contributed by atoms with van der Waals surface area (Å²) in [6, 6.07) is 11.8. The van der Waals surface area contributed by atoms with Gasteiger partial charge in [-0.25, -0.2) is 18.4 Å². The van der Waals surface area contributed by atoms with Gasteiger partial charge in [-0.2, -0.15) is 0 Å². The maximum Gasteiger partial charge on any atom is 0.338 e. The van der Waals surface area contributed by atoms with E-state index >= 15 is 0 Å². The number of hydrogen-bond acceptors (Lipinski definition) is 6. The second-order valence-electron chi connectivity index (χ2n) is 7.80. The highest BCUT2D eigenvalue weighted by Gasteiger charge is 2.27. The summed E-state index contributed by atoms with van der Waals surface area (Å²) in [5, 5.41) is 5.51. The number of esters is 1. The maximum absolute atomic E-state index is 12.6. The summed E-state index contributed by atoms with van der Waals surface area (Å²) in [4.78, 5) is 14.4. The monoisotopic (exact) mass is 432 g/mol. The normalized spacial score (nSPS) is 14.2. The van der Waals surface area contributed by atoms with Crippen LogP contribution < -0.4 is 14.8 Å². The molecule has 1 heterocycles. The van der Waals surface area contributed by atoms with E-state index in [2.05, 4.69) is 0 Å². The number of carbonyl (C=O) groups excluding carboxylic acids is 1. The van der Waals surface area contributed by atoms with Gasteiger partial charge < -0.3 is 14.4 Å². The summed E-state index contributed by atoms with van der Waals surface area (Å²) in [5.74, 6) is 0.422. The molecule has 2 aromatic rings. The average Bonchev–Trinajstić information content (AvgIpc) is 3.22. The number of benzene rings is 2. The van der Waals surface area contributed by atoms with Gasteiger partial charge in [-0.3, -0.25) is 0 Å². The molecule has 0 aromatic heterocycles. The highest BCUT2D eigenvalue weighted by molar-refractivity contribution is 7.89. The molecule has 2 aromatic carbocycles. The number of nitrogens with two attached hydrogens (primary N) is 1. The van der Waals surface area contributed by atoms with Gasteiger partial charge in [0.25, 0.3) is 0 Å². The number of para-hydroxylation sites is 1. The fraction of sp³-hybridized carbons (Fsp3) is 0.409. The minimum Gasteiger partial charge on any atom is -0.462 e. The molecule has 30 heavy (non-hydrogen) atoms. The average molecular weight is 433 g/mol. The van der Waals surface area contributed by atoms with E-state index in [0.717, 1.165) is 32.4 Å². The number of hydrogen-bond donors (Lipinski definition) is 1. The molecule has 0 unspecified atom stereocenters. The number of anilines is 1. The van der Waals surface area contributed by atoms with Crippen LogP contribution in [0, 0.1) is 5.92 Å². The van der Waals surface area contributed by atoms with Crippen LogP contribution in [0.15, 0.2) is 47.4 Å². The number of rotatable bonds is 8. The summed E-state index contributed by atoms with van der Waals surface area (Å²) >= 11 is 0. The van der Waals surface area contributed by atoms with E-state index in [-0.39, 0.29) is 22.8 Å². The van der Waals surface area contributed by atoms with Crippen LogP contribution in [0.5, 0.6) is 11.5 Å². The lowest BCUT2D eigenvalue weighted by molar-refractivity contribution is 0.0488. The summed E-state index contributed by atoms with van der Waals surface area (Å²) in [5.41, 5.74) is 0.670. The molecular weight excluding hydrogens is 404 g/mol. The molecule has 1 aliphatic rings. The van der Waals surface area contributed by atoms with Crippen molar-refractivity contribution >= 4 is 21.7 Å². The van der Waals surface area contributed by atoms with Crippen LogP contribution >= 0.6 is 0 Å². The predicted molar refractivity (Wildman–Crippen MR) is 116 cm³/mol. The lowest BCUT2D eigenvalue weighted by atomic mass is 10.1. The molecule has 0 radical (unpaired) electrons. The zero-order chi connectivity index (χ0) is 21.7. The Bertz CT molecular complexity index is 984. The molecule has 1 saturated heterocycles. The highest BCUT2D eigenvalue weighted by Crippen LogP contribution is 2.40. The van der Waals surface area contributed by atoms with Gasteiger partial charge in [0, 0.05) is 13.1 Å². The Labute approximate surface area is 177 Å². The summed E-state index contributed by atoms with van der Waals surface area (Å²) in [7, 11) is -4.16. The van der Waals surface area contributed by atoms with Crippen LogP contribution in [-0.4, -0.2) is 34.1 Å². The van der Waals surface area contributed by atoms with Crippen molar-refractivity contribution < 1.29 is 22.7 Å². The Morgan fingerprint density at radius 2 is 1.80 bits per heavy atom. The first-order valence-electron chi connectivity index (χ1n) is 10.1. The number of primary sulfonamides is 1. The van der Waals surface area contributed by atoms with E-state index in [0.29, 0.717) is 17.4 Å². The maximum atomic E-state index is 12.6. The fourth-order valence-electron chi connectivity index (χ4n) is 3.29. The summed E-state index contributed by atoms with van der Waals surface area (Å²) in [6.45, 7) is 5.81. The van der Waals surface area contributed by atoms with Gasteiger partial charge >= 0.3 is 5.97 Å².